The minimum atomic E-state index is -1.44. The van der Waals surface area contributed by atoms with E-state index in [2.05, 4.69) is 0 Å². The highest BCUT2D eigenvalue weighted by Gasteiger charge is 2.10. The van der Waals surface area contributed by atoms with E-state index in [0.717, 1.165) is 12.1 Å². The van der Waals surface area contributed by atoms with Crippen molar-refractivity contribution in [1.82, 2.24) is 0 Å². The molecule has 0 aromatic heterocycles. The summed E-state index contributed by atoms with van der Waals surface area (Å²) in [5.74, 6) is -2.22. The Balaban J connectivity index is 3.13. The molecule has 0 atom stereocenters. The van der Waals surface area contributed by atoms with E-state index in [0.29, 0.717) is 0 Å². The van der Waals surface area contributed by atoms with Crippen molar-refractivity contribution in [2.75, 3.05) is 5.32 Å². The standard InChI is InChI=1S/C8H5F2NO3/c9-6-1-4(11-8(13)14)2-7(10)5(6)3-12/h1-3,11H,(H,13,14). The highest BCUT2D eigenvalue weighted by atomic mass is 19.1. The van der Waals surface area contributed by atoms with Gasteiger partial charge in [0.2, 0.25) is 0 Å². The van der Waals surface area contributed by atoms with Crippen LogP contribution < -0.4 is 5.32 Å². The van der Waals surface area contributed by atoms with Gasteiger partial charge < -0.3 is 5.11 Å². The normalized spacial score (nSPS) is 9.57. The van der Waals surface area contributed by atoms with Crippen molar-refractivity contribution < 1.29 is 23.5 Å². The minimum Gasteiger partial charge on any atom is -0.465 e. The summed E-state index contributed by atoms with van der Waals surface area (Å²) in [4.78, 5) is 20.3. The van der Waals surface area contributed by atoms with Crippen LogP contribution in [0.4, 0.5) is 19.3 Å². The van der Waals surface area contributed by atoms with Crippen LogP contribution in [0.5, 0.6) is 0 Å². The van der Waals surface area contributed by atoms with Crippen molar-refractivity contribution in [3.05, 3.63) is 29.3 Å². The van der Waals surface area contributed by atoms with Gasteiger partial charge in [-0.25, -0.2) is 13.6 Å². The molecule has 6 heteroatoms. The molecule has 1 aromatic carbocycles. The molecule has 0 heterocycles. The van der Waals surface area contributed by atoms with Crippen molar-refractivity contribution in [2.24, 2.45) is 0 Å². The lowest BCUT2D eigenvalue weighted by atomic mass is 10.2. The van der Waals surface area contributed by atoms with E-state index < -0.39 is 23.3 Å². The second kappa shape index (κ2) is 3.82. The first-order valence-electron chi connectivity index (χ1n) is 3.48. The first-order chi connectivity index (χ1) is 6.54. The summed E-state index contributed by atoms with van der Waals surface area (Å²) in [6, 6.07) is 1.45. The topological polar surface area (TPSA) is 66.4 Å². The van der Waals surface area contributed by atoms with E-state index in [4.69, 9.17) is 5.11 Å². The lowest BCUT2D eigenvalue weighted by molar-refractivity contribution is 0.111. The third kappa shape index (κ3) is 2.03. The summed E-state index contributed by atoms with van der Waals surface area (Å²) in [7, 11) is 0. The summed E-state index contributed by atoms with van der Waals surface area (Å²) in [6.45, 7) is 0. The van der Waals surface area contributed by atoms with Gasteiger partial charge in [-0.2, -0.15) is 0 Å². The van der Waals surface area contributed by atoms with Gasteiger partial charge in [-0.1, -0.05) is 0 Å². The maximum atomic E-state index is 12.9. The highest BCUT2D eigenvalue weighted by Crippen LogP contribution is 2.17. The van der Waals surface area contributed by atoms with Crippen LogP contribution >= 0.6 is 0 Å². The quantitative estimate of drug-likeness (QED) is 0.717. The highest BCUT2D eigenvalue weighted by molar-refractivity contribution is 5.84. The fourth-order valence-electron chi connectivity index (χ4n) is 0.893. The molecule has 0 fully saturated rings. The predicted octanol–water partition coefficient (Wildman–Crippen LogP) is 1.87. The van der Waals surface area contributed by atoms with Crippen LogP contribution in [0.25, 0.3) is 0 Å². The van der Waals surface area contributed by atoms with Gasteiger partial charge in [-0.3, -0.25) is 10.1 Å². The smallest absolute Gasteiger partial charge is 0.409 e. The van der Waals surface area contributed by atoms with Crippen LogP contribution in [0.2, 0.25) is 0 Å². The molecule has 0 saturated heterocycles. The predicted molar refractivity (Wildman–Crippen MR) is 43.4 cm³/mol. The lowest BCUT2D eigenvalue weighted by Crippen LogP contribution is -2.08. The Bertz CT molecular complexity index is 369. The number of nitrogens with one attached hydrogen (secondary N) is 1. The molecule has 0 aliphatic carbocycles. The van der Waals surface area contributed by atoms with Crippen LogP contribution in [-0.4, -0.2) is 17.5 Å². The first-order valence-corrected chi connectivity index (χ1v) is 3.48. The van der Waals surface area contributed by atoms with E-state index in [9.17, 15) is 18.4 Å². The molecule has 1 amide bonds. The summed E-state index contributed by atoms with van der Waals surface area (Å²) in [5.41, 5.74) is -0.987. The molecule has 0 unspecified atom stereocenters. The van der Waals surface area contributed by atoms with Gasteiger partial charge in [0, 0.05) is 5.69 Å². The molecule has 14 heavy (non-hydrogen) atoms. The third-order valence-electron chi connectivity index (χ3n) is 1.45. The summed E-state index contributed by atoms with van der Waals surface area (Å²) >= 11 is 0. The number of halogens is 2. The SMILES string of the molecule is O=Cc1c(F)cc(NC(=O)O)cc1F. The first kappa shape index (κ1) is 10.1. The van der Waals surface area contributed by atoms with E-state index in [1.165, 1.54) is 0 Å². The van der Waals surface area contributed by atoms with Crippen LogP contribution in [0.15, 0.2) is 12.1 Å². The van der Waals surface area contributed by atoms with Crippen molar-refractivity contribution in [3.63, 3.8) is 0 Å². The molecule has 0 bridgehead atoms. The zero-order valence-corrected chi connectivity index (χ0v) is 6.75. The van der Waals surface area contributed by atoms with Crippen LogP contribution in [0, 0.1) is 11.6 Å². The van der Waals surface area contributed by atoms with Crippen molar-refractivity contribution in [3.8, 4) is 0 Å². The van der Waals surface area contributed by atoms with Crippen LogP contribution in [0.1, 0.15) is 10.4 Å². The average Bonchev–Trinajstić information content (AvgIpc) is 2.01. The van der Waals surface area contributed by atoms with Gasteiger partial charge in [0.05, 0.1) is 5.56 Å². The number of aldehydes is 1. The van der Waals surface area contributed by atoms with Gasteiger partial charge in [-0.15, -0.1) is 0 Å². The van der Waals surface area contributed by atoms with Gasteiger partial charge in [0.1, 0.15) is 11.6 Å². The molecule has 4 nitrogen and oxygen atoms in total. The Labute approximate surface area is 77.2 Å². The van der Waals surface area contributed by atoms with Crippen LogP contribution in [-0.2, 0) is 0 Å². The number of anilines is 1. The number of benzene rings is 1. The molecule has 0 aliphatic rings. The second-order valence-electron chi connectivity index (χ2n) is 2.40. The molecule has 1 aromatic rings. The molecule has 0 saturated carbocycles. The fourth-order valence-corrected chi connectivity index (χ4v) is 0.893. The largest absolute Gasteiger partial charge is 0.465 e. The number of rotatable bonds is 2. The Kier molecular flexibility index (Phi) is 2.76. The van der Waals surface area contributed by atoms with Gasteiger partial charge in [0.25, 0.3) is 0 Å². The molecule has 2 N–H and O–H groups in total. The Morgan fingerprint density at radius 3 is 2.21 bits per heavy atom. The summed E-state index contributed by atoms with van der Waals surface area (Å²) in [5, 5.41) is 10.0. The van der Waals surface area contributed by atoms with E-state index in [-0.39, 0.29) is 12.0 Å². The number of amides is 1. The van der Waals surface area contributed by atoms with E-state index >= 15 is 0 Å². The monoisotopic (exact) mass is 201 g/mol. The van der Waals surface area contributed by atoms with Gasteiger partial charge >= 0.3 is 6.09 Å². The summed E-state index contributed by atoms with van der Waals surface area (Å²) in [6.07, 6.45) is -1.42. The van der Waals surface area contributed by atoms with Crippen molar-refractivity contribution >= 4 is 18.1 Å². The zero-order chi connectivity index (χ0) is 10.7. The lowest BCUT2D eigenvalue weighted by Gasteiger charge is -2.02. The molecular formula is C8H5F2NO3. The average molecular weight is 201 g/mol. The fraction of sp³-hybridized carbons (Fsp3) is 0. The number of hydrogen-bond donors (Lipinski definition) is 2. The minimum absolute atomic E-state index is 0.0230. The number of carbonyl (C=O) groups is 2. The molecule has 0 aliphatic heterocycles. The Morgan fingerprint density at radius 1 is 1.36 bits per heavy atom. The maximum absolute atomic E-state index is 12.9. The maximum Gasteiger partial charge on any atom is 0.409 e. The molecule has 0 radical (unpaired) electrons. The van der Waals surface area contributed by atoms with Gasteiger partial charge in [0.15, 0.2) is 6.29 Å². The van der Waals surface area contributed by atoms with Crippen LogP contribution in [0.3, 0.4) is 0 Å². The number of hydrogen-bond acceptors (Lipinski definition) is 2. The second-order valence-corrected chi connectivity index (χ2v) is 2.40. The van der Waals surface area contributed by atoms with Gasteiger partial charge in [-0.05, 0) is 12.1 Å². The molecule has 1 rings (SSSR count). The van der Waals surface area contributed by atoms with E-state index in [1.807, 2.05) is 0 Å². The summed E-state index contributed by atoms with van der Waals surface area (Å²) < 4.78 is 25.7. The third-order valence-corrected chi connectivity index (χ3v) is 1.45. The zero-order valence-electron chi connectivity index (χ0n) is 6.75. The number of carbonyl (C=O) groups excluding carboxylic acids is 1. The Hall–Kier alpha value is -1.98. The Morgan fingerprint density at radius 2 is 1.86 bits per heavy atom. The molecular weight excluding hydrogens is 196 g/mol. The van der Waals surface area contributed by atoms with E-state index in [1.54, 1.807) is 5.32 Å². The van der Waals surface area contributed by atoms with Crippen molar-refractivity contribution in [2.45, 2.75) is 0 Å². The van der Waals surface area contributed by atoms with Crippen molar-refractivity contribution in [1.29, 1.82) is 0 Å². The molecule has 74 valence electrons. The number of carboxylic acid groups (broad SMARTS) is 1. The molecule has 0 spiro atoms.